The molecule has 0 unspecified atom stereocenters. The van der Waals surface area contributed by atoms with Crippen LogP contribution in [0.1, 0.15) is 13.8 Å². The van der Waals surface area contributed by atoms with Gasteiger partial charge in [0.25, 0.3) is 0 Å². The van der Waals surface area contributed by atoms with Crippen LogP contribution in [0.4, 0.5) is 0 Å². The molecule has 0 spiro atoms. The molecule has 1 nitrogen and oxygen atoms in total. The minimum Gasteiger partial charge on any atom is -0.535 e. The number of rotatable bonds is 1. The summed E-state index contributed by atoms with van der Waals surface area (Å²) < 4.78 is 4.56. The van der Waals surface area contributed by atoms with Gasteiger partial charge in [0, 0.05) is 0 Å². The van der Waals surface area contributed by atoms with Crippen LogP contribution < -0.4 is 0 Å². The zero-order valence-corrected chi connectivity index (χ0v) is 11.3. The maximum Gasteiger partial charge on any atom is 3.00 e. The molecule has 0 atom stereocenters. The molecule has 60 valence electrons. The third kappa shape index (κ3) is 56.1. The fraction of sp³-hybridized carbons (Fsp3) is 0.571. The second-order valence-corrected chi connectivity index (χ2v) is 2.82. The van der Waals surface area contributed by atoms with E-state index in [4.69, 9.17) is 0 Å². The van der Waals surface area contributed by atoms with Crippen molar-refractivity contribution >= 4 is 8.15 Å². The average molecular weight is 238 g/mol. The van der Waals surface area contributed by atoms with Crippen molar-refractivity contribution in [3.8, 4) is 0 Å². The van der Waals surface area contributed by atoms with Crippen molar-refractivity contribution in [3.63, 3.8) is 0 Å². The van der Waals surface area contributed by atoms with Gasteiger partial charge < -0.3 is 18.4 Å². The van der Waals surface area contributed by atoms with E-state index in [0.29, 0.717) is 0 Å². The Balaban J connectivity index is -0.0000000315. The van der Waals surface area contributed by atoms with E-state index in [1.54, 1.807) is 13.8 Å². The zero-order chi connectivity index (χ0) is 8.28. The van der Waals surface area contributed by atoms with E-state index in [1.165, 1.54) is 0 Å². The predicted molar refractivity (Wildman–Crippen MR) is 47.3 cm³/mol. The van der Waals surface area contributed by atoms with Gasteiger partial charge >= 0.3 is 32.7 Å². The Bertz CT molecular complexity index is 27.6. The van der Waals surface area contributed by atoms with E-state index < -0.39 is 0 Å². The molecule has 0 N–H and O–H groups in total. The van der Waals surface area contributed by atoms with Crippen LogP contribution in [0.3, 0.4) is 0 Å². The summed E-state index contributed by atoms with van der Waals surface area (Å²) >= 11 is 0. The normalized spacial score (nSPS) is 6.00. The van der Waals surface area contributed by atoms with E-state index in [1.807, 2.05) is 13.3 Å². The fourth-order valence-corrected chi connectivity index (χ4v) is 0. The van der Waals surface area contributed by atoms with Gasteiger partial charge in [-0.05, 0) is 21.5 Å². The Kier molecular flexibility index (Phi) is 70.6. The summed E-state index contributed by atoms with van der Waals surface area (Å²) in [6.45, 7) is 14.0. The quantitative estimate of drug-likeness (QED) is 0.503. The summed E-state index contributed by atoms with van der Waals surface area (Å²) in [5.74, 6) is 0. The second kappa shape index (κ2) is 31.3. The molecule has 0 aromatic carbocycles. The van der Waals surface area contributed by atoms with Gasteiger partial charge in [-0.1, -0.05) is 0 Å². The van der Waals surface area contributed by atoms with Crippen LogP contribution in [0, 0.1) is 21.0 Å². The molecule has 3 heteroatoms. The van der Waals surface area contributed by atoms with E-state index in [9.17, 15) is 0 Å². The topological polar surface area (TPSA) is 9.23 Å². The van der Waals surface area contributed by atoms with Crippen molar-refractivity contribution in [1.29, 1.82) is 0 Å². The Morgan fingerprint density at radius 2 is 1.10 bits per heavy atom. The van der Waals surface area contributed by atoms with Crippen molar-refractivity contribution in [3.05, 3.63) is 21.0 Å². The minimum atomic E-state index is -0.209. The first-order valence-corrected chi connectivity index (χ1v) is 4.93. The van der Waals surface area contributed by atoms with Gasteiger partial charge in [0.15, 0.2) is 0 Å². The van der Waals surface area contributed by atoms with E-state index in [0.717, 1.165) is 0 Å². The maximum absolute atomic E-state index is 4.56. The average Bonchev–Trinajstić information content (AvgIpc) is 1.97. The van der Waals surface area contributed by atoms with Crippen LogP contribution in [0.2, 0.25) is 0 Å². The molecule has 0 aliphatic carbocycles. The first-order valence-electron chi connectivity index (χ1n) is 2.78. The van der Waals surface area contributed by atoms with Crippen molar-refractivity contribution < 1.29 is 37.2 Å². The van der Waals surface area contributed by atoms with E-state index in [2.05, 4.69) is 25.5 Å². The molecule has 0 aromatic heterocycles. The first kappa shape index (κ1) is 22.5. The molecule has 0 radical (unpaired) electrons. The minimum absolute atomic E-state index is 0. The molecule has 0 heterocycles. The fourth-order valence-electron chi connectivity index (χ4n) is 0. The Labute approximate surface area is 93.0 Å². The molecule has 10 heavy (non-hydrogen) atoms. The van der Waals surface area contributed by atoms with Crippen LogP contribution in [0.25, 0.3) is 0 Å². The summed E-state index contributed by atoms with van der Waals surface area (Å²) in [6, 6.07) is 0. The van der Waals surface area contributed by atoms with Crippen molar-refractivity contribution in [2.75, 3.05) is 13.3 Å². The summed E-state index contributed by atoms with van der Waals surface area (Å²) in [7, 11) is 3.00. The molecular weight excluding hydrogens is 220 g/mol. The van der Waals surface area contributed by atoms with Gasteiger partial charge in [-0.15, -0.1) is 0 Å². The maximum atomic E-state index is 4.56. The summed E-state index contributed by atoms with van der Waals surface area (Å²) in [5, 5.41) is 0. The van der Waals surface area contributed by atoms with Crippen LogP contribution in [-0.2, 0) is 37.2 Å². The summed E-state index contributed by atoms with van der Waals surface area (Å²) in [4.78, 5) is 0. The van der Waals surface area contributed by atoms with Crippen LogP contribution in [0.15, 0.2) is 0 Å². The molecule has 0 saturated heterocycles. The van der Waals surface area contributed by atoms with Crippen LogP contribution >= 0.6 is 8.15 Å². The Hall–Kier alpha value is 1.49. The smallest absolute Gasteiger partial charge is 0.535 e. The molecule has 0 fully saturated rings. The molecule has 0 saturated carbocycles. The van der Waals surface area contributed by atoms with Gasteiger partial charge in [-0.25, -0.2) is 7.11 Å². The summed E-state index contributed by atoms with van der Waals surface area (Å²) in [5.41, 5.74) is 0. The predicted octanol–water partition coefficient (Wildman–Crippen LogP) is 3.13. The monoisotopic (exact) mass is 238 g/mol. The van der Waals surface area contributed by atoms with E-state index in [-0.39, 0.29) is 40.9 Å². The molecule has 0 aliphatic heterocycles. The SMILES string of the molecule is [CH2-]C.[CH2-]C.[CH2-]OP(C)C.[Y+3]. The van der Waals surface area contributed by atoms with Gasteiger partial charge in [0.1, 0.15) is 0 Å². The largest absolute Gasteiger partial charge is 3.00 e. The van der Waals surface area contributed by atoms with Crippen molar-refractivity contribution in [2.24, 2.45) is 0 Å². The third-order valence-electron chi connectivity index (χ3n) is 0.258. The van der Waals surface area contributed by atoms with Crippen LogP contribution in [-0.4, -0.2) is 13.3 Å². The van der Waals surface area contributed by atoms with Gasteiger partial charge in [0.2, 0.25) is 0 Å². The standard InChI is InChI=1S/C3H8OP.2C2H5.Y/c1-4-5(2)3;2*1-2;/h1H2,2-3H3;2*1H2,2H3;/q3*-1;+3. The van der Waals surface area contributed by atoms with Gasteiger partial charge in [0.05, 0.1) is 0 Å². The van der Waals surface area contributed by atoms with Crippen molar-refractivity contribution in [1.82, 2.24) is 0 Å². The van der Waals surface area contributed by atoms with Crippen molar-refractivity contribution in [2.45, 2.75) is 13.8 Å². The summed E-state index contributed by atoms with van der Waals surface area (Å²) in [6.07, 6.45) is 0. The van der Waals surface area contributed by atoms with E-state index >= 15 is 0 Å². The third-order valence-corrected chi connectivity index (χ3v) is 0.775. The Morgan fingerprint density at radius 1 is 1.00 bits per heavy atom. The van der Waals surface area contributed by atoms with Gasteiger partial charge in [-0.3, -0.25) is 0 Å². The van der Waals surface area contributed by atoms with Gasteiger partial charge in [-0.2, -0.15) is 13.8 Å². The molecular formula is C7H18OPY. The number of hydrogen-bond acceptors (Lipinski definition) is 1. The molecule has 0 bridgehead atoms. The molecule has 0 aromatic rings. The number of hydrogen-bond donors (Lipinski definition) is 0. The second-order valence-electron chi connectivity index (χ2n) is 0.941. The molecule has 0 aliphatic rings. The first-order chi connectivity index (χ1) is 4.27. The van der Waals surface area contributed by atoms with Crippen LogP contribution in [0.5, 0.6) is 0 Å². The Morgan fingerprint density at radius 3 is 1.10 bits per heavy atom. The zero-order valence-electron chi connectivity index (χ0n) is 7.55. The molecule has 0 rings (SSSR count). The molecule has 0 amide bonds.